The van der Waals surface area contributed by atoms with E-state index in [1.54, 1.807) is 31.2 Å². The highest BCUT2D eigenvalue weighted by Crippen LogP contribution is 2.45. The number of nitrogens with zero attached hydrogens (tertiary/aromatic N) is 1. The van der Waals surface area contributed by atoms with Gasteiger partial charge < -0.3 is 9.47 Å². The first-order chi connectivity index (χ1) is 17.2. The quantitative estimate of drug-likeness (QED) is 0.219. The Balaban J connectivity index is 1.79. The first-order valence-corrected chi connectivity index (χ1v) is 13.2. The molecule has 1 heterocycles. The number of carbonyl (C=O) groups is 1. The lowest BCUT2D eigenvalue weighted by Gasteiger charge is -2.46. The summed E-state index contributed by atoms with van der Waals surface area (Å²) < 4.78 is 28.4. The Kier molecular flexibility index (Phi) is 8.16. The van der Waals surface area contributed by atoms with Crippen molar-refractivity contribution in [3.8, 4) is 11.5 Å². The molecule has 0 spiro atoms. The third kappa shape index (κ3) is 5.50. The fourth-order valence-corrected chi connectivity index (χ4v) is 5.91. The van der Waals surface area contributed by atoms with Gasteiger partial charge in [0.2, 0.25) is 0 Å². The maximum absolute atomic E-state index is 16.1. The first kappa shape index (κ1) is 26.4. The van der Waals surface area contributed by atoms with E-state index in [0.717, 1.165) is 31.4 Å². The van der Waals surface area contributed by atoms with Gasteiger partial charge in [0.15, 0.2) is 0 Å². The highest BCUT2D eigenvalue weighted by atomic mass is 79.9. The third-order valence-electron chi connectivity index (χ3n) is 7.09. The maximum Gasteiger partial charge on any atom is 0.347 e. The number of ether oxygens (including phenoxy) is 2. The molecule has 0 radical (unpaired) electrons. The van der Waals surface area contributed by atoms with Crippen LogP contribution in [0.1, 0.15) is 73.1 Å². The number of hydrogen-bond donors (Lipinski definition) is 0. The van der Waals surface area contributed by atoms with Crippen LogP contribution in [0.15, 0.2) is 65.1 Å². The van der Waals surface area contributed by atoms with Crippen LogP contribution >= 0.6 is 15.9 Å². The Morgan fingerprint density at radius 3 is 2.36 bits per heavy atom. The van der Waals surface area contributed by atoms with E-state index in [-0.39, 0.29) is 29.3 Å². The van der Waals surface area contributed by atoms with Gasteiger partial charge in [0.25, 0.3) is 0 Å². The molecule has 0 N–H and O–H groups in total. The van der Waals surface area contributed by atoms with E-state index in [1.165, 1.54) is 0 Å². The van der Waals surface area contributed by atoms with Crippen LogP contribution in [0.2, 0.25) is 0 Å². The molecule has 0 aliphatic carbocycles. The largest absolute Gasteiger partial charge is 0.487 e. The average molecular weight is 555 g/mol. The van der Waals surface area contributed by atoms with Crippen LogP contribution in [-0.4, -0.2) is 23.0 Å². The zero-order chi connectivity index (χ0) is 25.9. The van der Waals surface area contributed by atoms with Crippen molar-refractivity contribution in [1.82, 2.24) is 4.90 Å². The fourth-order valence-electron chi connectivity index (χ4n) is 5.09. The number of piperidine rings is 1. The molecule has 36 heavy (non-hydrogen) atoms. The van der Waals surface area contributed by atoms with Crippen molar-refractivity contribution < 1.29 is 18.7 Å². The van der Waals surface area contributed by atoms with E-state index in [2.05, 4.69) is 34.7 Å². The van der Waals surface area contributed by atoms with E-state index < -0.39 is 11.8 Å². The summed E-state index contributed by atoms with van der Waals surface area (Å²) in [6, 6.07) is 18.3. The van der Waals surface area contributed by atoms with Crippen LogP contribution in [0.4, 0.5) is 4.39 Å². The zero-order valence-electron chi connectivity index (χ0n) is 21.3. The molecule has 0 bridgehead atoms. The van der Waals surface area contributed by atoms with E-state index in [1.807, 2.05) is 43.3 Å². The normalized spacial score (nSPS) is 16.4. The van der Waals surface area contributed by atoms with Crippen LogP contribution < -0.4 is 9.47 Å². The van der Waals surface area contributed by atoms with Crippen LogP contribution in [0.5, 0.6) is 11.5 Å². The van der Waals surface area contributed by atoms with Gasteiger partial charge in [-0.05, 0) is 80.7 Å². The second kappa shape index (κ2) is 11.1. The molecular weight excluding hydrogens is 521 g/mol. The fraction of sp³-hybridized carbons (Fsp3) is 0.367. The second-order valence-electron chi connectivity index (χ2n) is 9.99. The summed E-state index contributed by atoms with van der Waals surface area (Å²) in [5.74, 6) is -0.378. The van der Waals surface area contributed by atoms with Gasteiger partial charge in [-0.15, -0.1) is 0 Å². The summed E-state index contributed by atoms with van der Waals surface area (Å²) in [5, 5.41) is 0. The number of benzene rings is 3. The predicted octanol–water partition coefficient (Wildman–Crippen LogP) is 8.02. The number of esters is 1. The monoisotopic (exact) mass is 553 g/mol. The van der Waals surface area contributed by atoms with Gasteiger partial charge in [0.1, 0.15) is 29.5 Å². The summed E-state index contributed by atoms with van der Waals surface area (Å²) in [7, 11) is 0. The maximum atomic E-state index is 16.1. The van der Waals surface area contributed by atoms with E-state index in [4.69, 9.17) is 9.47 Å². The highest BCUT2D eigenvalue weighted by molar-refractivity contribution is 9.10. The number of halogens is 2. The smallest absolute Gasteiger partial charge is 0.347 e. The van der Waals surface area contributed by atoms with Gasteiger partial charge in [0.05, 0.1) is 4.47 Å². The molecule has 0 amide bonds. The van der Waals surface area contributed by atoms with Crippen LogP contribution in [0, 0.1) is 12.7 Å². The molecular formula is C30H33BrFNO3. The van der Waals surface area contributed by atoms with Crippen molar-refractivity contribution in [2.24, 2.45) is 0 Å². The van der Waals surface area contributed by atoms with Gasteiger partial charge in [-0.2, -0.15) is 0 Å². The SMILES string of the molecule is Cc1c(F)c(C(C)N2CCCCC2(C)C)c(Br)c(OCc2ccccc2)c1C(=O)Oc1ccccc1. The highest BCUT2D eigenvalue weighted by Gasteiger charge is 2.37. The van der Waals surface area contributed by atoms with Crippen LogP contribution in [-0.2, 0) is 6.61 Å². The van der Waals surface area contributed by atoms with Crippen molar-refractivity contribution in [1.29, 1.82) is 0 Å². The van der Waals surface area contributed by atoms with Crippen molar-refractivity contribution in [3.05, 3.63) is 93.2 Å². The number of likely N-dealkylation sites (tertiary alicyclic amines) is 1. The van der Waals surface area contributed by atoms with Crippen molar-refractivity contribution in [3.63, 3.8) is 0 Å². The standard InChI is InChI=1S/C30H33BrFNO3/c1-20-24(29(34)36-23-15-9-6-10-16-23)28(35-19-22-13-7-5-8-14-22)26(31)25(27(20)32)21(2)33-18-12-11-17-30(33,3)4/h5-10,13-16,21H,11-12,17-19H2,1-4H3. The molecule has 1 saturated heterocycles. The summed E-state index contributed by atoms with van der Waals surface area (Å²) in [5.41, 5.74) is 1.70. The molecule has 0 saturated carbocycles. The van der Waals surface area contributed by atoms with Crippen LogP contribution in [0.3, 0.4) is 0 Å². The summed E-state index contributed by atoms with van der Waals surface area (Å²) in [4.78, 5) is 15.7. The lowest BCUT2D eigenvalue weighted by Crippen LogP contribution is -2.48. The summed E-state index contributed by atoms with van der Waals surface area (Å²) in [6.45, 7) is 9.19. The topological polar surface area (TPSA) is 38.8 Å². The molecule has 0 aromatic heterocycles. The third-order valence-corrected chi connectivity index (χ3v) is 7.88. The Morgan fingerprint density at radius 1 is 1.08 bits per heavy atom. The molecule has 3 aromatic carbocycles. The van der Waals surface area contributed by atoms with Crippen molar-refractivity contribution in [2.75, 3.05) is 6.54 Å². The van der Waals surface area contributed by atoms with Gasteiger partial charge in [0, 0.05) is 22.7 Å². The molecule has 190 valence electrons. The molecule has 4 rings (SSSR count). The van der Waals surface area contributed by atoms with Gasteiger partial charge in [-0.1, -0.05) is 55.0 Å². The number of carbonyl (C=O) groups excluding carboxylic acids is 1. The average Bonchev–Trinajstić information content (AvgIpc) is 2.86. The second-order valence-corrected chi connectivity index (χ2v) is 10.8. The molecule has 1 atom stereocenters. The summed E-state index contributed by atoms with van der Waals surface area (Å²) >= 11 is 3.65. The lowest BCUT2D eigenvalue weighted by molar-refractivity contribution is 0.0375. The van der Waals surface area contributed by atoms with Gasteiger partial charge >= 0.3 is 5.97 Å². The van der Waals surface area contributed by atoms with Crippen molar-refractivity contribution in [2.45, 2.75) is 65.1 Å². The Labute approximate surface area is 221 Å². The van der Waals surface area contributed by atoms with Crippen molar-refractivity contribution >= 4 is 21.9 Å². The number of hydrogen-bond acceptors (Lipinski definition) is 4. The number of para-hydroxylation sites is 1. The Morgan fingerprint density at radius 2 is 1.72 bits per heavy atom. The lowest BCUT2D eigenvalue weighted by atomic mass is 9.87. The predicted molar refractivity (Wildman–Crippen MR) is 144 cm³/mol. The first-order valence-electron chi connectivity index (χ1n) is 12.4. The van der Waals surface area contributed by atoms with E-state index in [9.17, 15) is 4.79 Å². The van der Waals surface area contributed by atoms with Crippen LogP contribution in [0.25, 0.3) is 0 Å². The van der Waals surface area contributed by atoms with E-state index in [0.29, 0.717) is 21.5 Å². The molecule has 1 unspecified atom stereocenters. The molecule has 4 nitrogen and oxygen atoms in total. The minimum atomic E-state index is -0.654. The van der Waals surface area contributed by atoms with Gasteiger partial charge in [-0.25, -0.2) is 9.18 Å². The molecule has 1 aliphatic rings. The Hall–Kier alpha value is -2.70. The summed E-state index contributed by atoms with van der Waals surface area (Å²) in [6.07, 6.45) is 3.29. The Bertz CT molecular complexity index is 1210. The molecule has 3 aromatic rings. The minimum absolute atomic E-state index is 0.0621. The molecule has 1 fully saturated rings. The zero-order valence-corrected chi connectivity index (χ0v) is 22.9. The van der Waals surface area contributed by atoms with E-state index >= 15 is 4.39 Å². The number of rotatable bonds is 7. The molecule has 6 heteroatoms. The van der Waals surface area contributed by atoms with Gasteiger partial charge in [-0.3, -0.25) is 4.90 Å². The molecule has 1 aliphatic heterocycles. The minimum Gasteiger partial charge on any atom is -0.487 e.